The Morgan fingerprint density at radius 1 is 1.62 bits per heavy atom. The molecule has 0 radical (unpaired) electrons. The largest absolute Gasteiger partial charge is 0.693 e. The van der Waals surface area contributed by atoms with Crippen molar-refractivity contribution in [2.24, 2.45) is 15.9 Å². The van der Waals surface area contributed by atoms with E-state index in [4.69, 9.17) is 15.6 Å². The normalized spacial score (nSPS) is 16.1. The maximum atomic E-state index is 5.32. The molecule has 1 rings (SSSR count). The molecule has 0 aromatic carbocycles. The first-order valence-corrected chi connectivity index (χ1v) is 4.22. The van der Waals surface area contributed by atoms with Gasteiger partial charge in [0.25, 0.3) is 0 Å². The fourth-order valence-corrected chi connectivity index (χ4v) is 1.07. The minimum Gasteiger partial charge on any atom is -0.693 e. The Kier molecular flexibility index (Phi) is 10.1. The van der Waals surface area contributed by atoms with Crippen LogP contribution in [-0.4, -0.2) is 19.0 Å². The minimum absolute atomic E-state index is 0. The van der Waals surface area contributed by atoms with E-state index in [1.165, 1.54) is 6.20 Å². The summed E-state index contributed by atoms with van der Waals surface area (Å²) in [5, 5.41) is 5.32. The van der Waals surface area contributed by atoms with Crippen molar-refractivity contribution in [3.63, 3.8) is 0 Å². The molecule has 0 saturated heterocycles. The van der Waals surface area contributed by atoms with Gasteiger partial charge in [-0.15, -0.1) is 0 Å². The average molecular weight is 296 g/mol. The predicted molar refractivity (Wildman–Crippen MR) is 52.2 cm³/mol. The molecule has 0 atom stereocenters. The Balaban J connectivity index is 0. The van der Waals surface area contributed by atoms with E-state index >= 15 is 0 Å². The Bertz CT molecular complexity index is 197. The van der Waals surface area contributed by atoms with Gasteiger partial charge in [0.2, 0.25) is 5.90 Å². The summed E-state index contributed by atoms with van der Waals surface area (Å²) in [6, 6.07) is 0. The number of ether oxygens (including phenoxy) is 1. The van der Waals surface area contributed by atoms with Crippen molar-refractivity contribution in [3.05, 3.63) is 17.3 Å². The van der Waals surface area contributed by atoms with Gasteiger partial charge in [-0.3, -0.25) is 10.1 Å². The molecule has 0 amide bonds. The number of aliphatic imine (C=N–C) groups is 1. The van der Waals surface area contributed by atoms with Gasteiger partial charge in [0, 0.05) is 39.6 Å². The quantitative estimate of drug-likeness (QED) is 0.583. The molecule has 1 aliphatic heterocycles. The second-order valence-corrected chi connectivity index (χ2v) is 2.71. The van der Waals surface area contributed by atoms with Crippen molar-refractivity contribution in [1.29, 1.82) is 0 Å². The van der Waals surface area contributed by atoms with E-state index in [1.54, 1.807) is 0 Å². The fourth-order valence-electron chi connectivity index (χ4n) is 0.770. The molecule has 0 aromatic heterocycles. The number of hydrogen-bond donors (Lipinski definition) is 2. The van der Waals surface area contributed by atoms with Crippen LogP contribution in [0, 0.1) is 0 Å². The van der Waals surface area contributed by atoms with E-state index in [9.17, 15) is 0 Å². The third kappa shape index (κ3) is 4.64. The number of nitrogens with two attached hydrogens (primary N) is 3. The molecule has 5 nitrogen and oxygen atoms in total. The van der Waals surface area contributed by atoms with E-state index < -0.39 is 0 Å². The molecule has 0 aliphatic carbocycles. The average Bonchev–Trinajstić information content (AvgIpc) is 2.09. The van der Waals surface area contributed by atoms with Crippen LogP contribution in [0.5, 0.6) is 0 Å². The second kappa shape index (κ2) is 8.54. The van der Waals surface area contributed by atoms with Crippen LogP contribution in [0.1, 0.15) is 6.42 Å². The van der Waals surface area contributed by atoms with E-state index in [0.717, 1.165) is 24.9 Å². The summed E-state index contributed by atoms with van der Waals surface area (Å²) >= 11 is 1.06. The van der Waals surface area contributed by atoms with Gasteiger partial charge in [0.15, 0.2) is 0 Å². The maximum absolute atomic E-state index is 5.32. The van der Waals surface area contributed by atoms with E-state index in [2.05, 4.69) is 4.99 Å². The zero-order valence-electron chi connectivity index (χ0n) is 7.01. The molecule has 1 heterocycles. The Morgan fingerprint density at radius 2 is 2.31 bits per heavy atom. The van der Waals surface area contributed by atoms with E-state index in [1.807, 2.05) is 0 Å². The summed E-state index contributed by atoms with van der Waals surface area (Å²) in [6.07, 6.45) is 2.38. The third-order valence-corrected chi connectivity index (χ3v) is 1.85. The summed E-state index contributed by atoms with van der Waals surface area (Å²) in [7, 11) is 0. The van der Waals surface area contributed by atoms with Crippen LogP contribution in [0.15, 0.2) is 16.1 Å². The van der Waals surface area contributed by atoms with Crippen LogP contribution in [-0.2, 0) is 25.2 Å². The molecule has 80 valence electrons. The number of hydrogen-bond acceptors (Lipinski definition) is 5. The zero-order chi connectivity index (χ0) is 8.10. The van der Waals surface area contributed by atoms with Gasteiger partial charge in [-0.2, -0.15) is 0 Å². The van der Waals surface area contributed by atoms with Crippen molar-refractivity contribution < 1.29 is 25.2 Å². The predicted octanol–water partition coefficient (Wildman–Crippen LogP) is 0.927. The first-order chi connectivity index (χ1) is 5.38. The Labute approximate surface area is 95.7 Å². The fraction of sp³-hybridized carbons (Fsp3) is 0.500. The molecule has 6 N–H and O–H groups in total. The summed E-state index contributed by atoms with van der Waals surface area (Å²) in [4.78, 5) is 4.82. The van der Waals surface area contributed by atoms with Crippen molar-refractivity contribution in [2.75, 3.05) is 13.2 Å². The van der Waals surface area contributed by atoms with Crippen LogP contribution in [0.2, 0.25) is 0 Å². The van der Waals surface area contributed by atoms with Crippen LogP contribution in [0.25, 0.3) is 6.15 Å². The van der Waals surface area contributed by atoms with Gasteiger partial charge in [0.05, 0.1) is 11.5 Å². The molecule has 0 bridgehead atoms. The van der Waals surface area contributed by atoms with E-state index in [0.29, 0.717) is 17.4 Å². The van der Waals surface area contributed by atoms with Crippen LogP contribution >= 0.6 is 11.9 Å². The SMILES string of the molecule is N/C=C(/SN)C1=NCCCO1.[NH2-].[Pd]. The molecule has 0 fully saturated rings. The van der Waals surface area contributed by atoms with Crippen molar-refractivity contribution in [2.45, 2.75) is 6.42 Å². The summed E-state index contributed by atoms with van der Waals surface area (Å²) in [5.74, 6) is 0.575. The van der Waals surface area contributed by atoms with Crippen LogP contribution in [0.3, 0.4) is 0 Å². The summed E-state index contributed by atoms with van der Waals surface area (Å²) < 4.78 is 5.22. The molecule has 1 aliphatic rings. The van der Waals surface area contributed by atoms with Crippen molar-refractivity contribution in [3.8, 4) is 0 Å². The van der Waals surface area contributed by atoms with Crippen molar-refractivity contribution in [1.82, 2.24) is 0 Å². The number of nitrogens with zero attached hydrogens (tertiary/aromatic N) is 1. The van der Waals surface area contributed by atoms with Gasteiger partial charge < -0.3 is 16.6 Å². The standard InChI is InChI=1S/C6H11N3OS.H2N.Pd/c7-4-5(11-8)6-9-2-1-3-10-6;;/h4H,1-3,7-8H2;1H2;/q;-1;/b5-4+;;. The number of rotatable bonds is 2. The van der Waals surface area contributed by atoms with Gasteiger partial charge in [-0.25, -0.2) is 0 Å². The summed E-state index contributed by atoms with van der Waals surface area (Å²) in [6.45, 7) is 1.50. The minimum atomic E-state index is 0. The zero-order valence-corrected chi connectivity index (χ0v) is 9.38. The monoisotopic (exact) mass is 295 g/mol. The first-order valence-electron chi connectivity index (χ1n) is 3.34. The van der Waals surface area contributed by atoms with Gasteiger partial charge in [-0.1, -0.05) is 0 Å². The molecule has 0 saturated carbocycles. The molecule has 0 unspecified atom stereocenters. The van der Waals surface area contributed by atoms with E-state index in [-0.39, 0.29) is 26.6 Å². The maximum Gasteiger partial charge on any atom is 0.225 e. The molecule has 0 spiro atoms. The summed E-state index contributed by atoms with van der Waals surface area (Å²) in [5.41, 5.74) is 5.29. The third-order valence-electron chi connectivity index (χ3n) is 1.29. The smallest absolute Gasteiger partial charge is 0.225 e. The van der Waals surface area contributed by atoms with Crippen LogP contribution < -0.4 is 10.9 Å². The topological polar surface area (TPSA) is 107 Å². The molecular formula is C6H13N4OPdS-. The molecular weight excluding hydrogens is 283 g/mol. The molecule has 7 heteroatoms. The Hall–Kier alpha value is -0.0577. The second-order valence-electron chi connectivity index (χ2n) is 2.04. The Morgan fingerprint density at radius 3 is 2.69 bits per heavy atom. The van der Waals surface area contributed by atoms with Gasteiger partial charge in [-0.05, 0) is 11.9 Å². The molecule has 13 heavy (non-hydrogen) atoms. The van der Waals surface area contributed by atoms with Crippen LogP contribution in [0.4, 0.5) is 0 Å². The molecule has 0 aromatic rings. The first kappa shape index (κ1) is 15.4. The van der Waals surface area contributed by atoms with Crippen molar-refractivity contribution >= 4 is 17.8 Å². The van der Waals surface area contributed by atoms with Gasteiger partial charge in [0.1, 0.15) is 0 Å². The van der Waals surface area contributed by atoms with Gasteiger partial charge >= 0.3 is 0 Å².